The van der Waals surface area contributed by atoms with Crippen molar-refractivity contribution in [3.05, 3.63) is 11.4 Å². The van der Waals surface area contributed by atoms with Crippen molar-refractivity contribution < 1.29 is 4.74 Å². The minimum absolute atomic E-state index is 0.413. The van der Waals surface area contributed by atoms with Crippen LogP contribution in [0.5, 0.6) is 0 Å². The number of fused-ring (bicyclic) bond motifs is 1. The van der Waals surface area contributed by atoms with Gasteiger partial charge in [-0.1, -0.05) is 13.8 Å². The smallest absolute Gasteiger partial charge is 0.239 e. The van der Waals surface area contributed by atoms with E-state index in [1.54, 1.807) is 11.3 Å². The third-order valence-corrected chi connectivity index (χ3v) is 3.33. The zero-order valence-electron chi connectivity index (χ0n) is 11.1. The van der Waals surface area contributed by atoms with Gasteiger partial charge in [0.2, 0.25) is 5.95 Å². The van der Waals surface area contributed by atoms with Crippen LogP contribution in [0.25, 0.3) is 10.2 Å². The number of aromatic nitrogens is 2. The fraction of sp³-hybridized carbons (Fsp3) is 0.500. The van der Waals surface area contributed by atoms with Crippen LogP contribution in [0.1, 0.15) is 13.8 Å². The third kappa shape index (κ3) is 3.76. The first-order valence-electron chi connectivity index (χ1n) is 6.24. The standard InChI is InChI=1S/C12H19N5OS/c1-8(2)7-18-5-4-14-11-10-9(3-6-19-10)15-12(16-11)17-13/h3,6,8H,4-5,7,13H2,1-2H3,(H2,14,15,16,17). The number of rotatable bonds is 7. The van der Waals surface area contributed by atoms with E-state index in [4.69, 9.17) is 10.6 Å². The molecule has 2 aromatic heterocycles. The molecular formula is C12H19N5OS. The SMILES string of the molecule is CC(C)COCCNc1nc(NN)nc2ccsc12. The molecule has 0 saturated carbocycles. The summed E-state index contributed by atoms with van der Waals surface area (Å²) in [6.45, 7) is 6.40. The Morgan fingerprint density at radius 2 is 2.26 bits per heavy atom. The molecule has 19 heavy (non-hydrogen) atoms. The Labute approximate surface area is 116 Å². The molecule has 2 rings (SSSR count). The van der Waals surface area contributed by atoms with Crippen molar-refractivity contribution in [2.45, 2.75) is 13.8 Å². The fourth-order valence-electron chi connectivity index (χ4n) is 1.61. The molecule has 104 valence electrons. The fourth-order valence-corrected chi connectivity index (χ4v) is 2.41. The van der Waals surface area contributed by atoms with Crippen LogP contribution in [0.2, 0.25) is 0 Å². The Morgan fingerprint density at radius 3 is 3.00 bits per heavy atom. The molecule has 0 aromatic carbocycles. The second-order valence-electron chi connectivity index (χ2n) is 4.57. The molecule has 0 radical (unpaired) electrons. The molecular weight excluding hydrogens is 262 g/mol. The summed E-state index contributed by atoms with van der Waals surface area (Å²) in [5, 5.41) is 5.25. The molecule has 0 aliphatic heterocycles. The van der Waals surface area contributed by atoms with Crippen molar-refractivity contribution in [2.75, 3.05) is 30.5 Å². The van der Waals surface area contributed by atoms with Gasteiger partial charge < -0.3 is 10.1 Å². The van der Waals surface area contributed by atoms with E-state index in [-0.39, 0.29) is 0 Å². The predicted octanol–water partition coefficient (Wildman–Crippen LogP) is 2.06. The molecule has 0 aliphatic carbocycles. The normalized spacial score (nSPS) is 11.2. The van der Waals surface area contributed by atoms with Crippen molar-refractivity contribution in [1.29, 1.82) is 0 Å². The highest BCUT2D eigenvalue weighted by Gasteiger charge is 2.07. The van der Waals surface area contributed by atoms with Crippen LogP contribution < -0.4 is 16.6 Å². The van der Waals surface area contributed by atoms with Crippen molar-refractivity contribution in [3.8, 4) is 0 Å². The highest BCUT2D eigenvalue weighted by Crippen LogP contribution is 2.26. The number of hydrazine groups is 1. The number of anilines is 2. The summed E-state index contributed by atoms with van der Waals surface area (Å²) in [4.78, 5) is 8.59. The molecule has 0 unspecified atom stereocenters. The van der Waals surface area contributed by atoms with E-state index in [0.717, 1.165) is 22.6 Å². The Morgan fingerprint density at radius 1 is 1.42 bits per heavy atom. The molecule has 2 aromatic rings. The summed E-state index contributed by atoms with van der Waals surface area (Å²) < 4.78 is 6.55. The maximum Gasteiger partial charge on any atom is 0.239 e. The van der Waals surface area contributed by atoms with Crippen LogP contribution in [-0.4, -0.2) is 29.7 Å². The molecule has 4 N–H and O–H groups in total. The number of thiophene rings is 1. The Hall–Kier alpha value is -1.44. The third-order valence-electron chi connectivity index (χ3n) is 2.42. The minimum Gasteiger partial charge on any atom is -0.379 e. The van der Waals surface area contributed by atoms with Gasteiger partial charge in [0.1, 0.15) is 5.82 Å². The maximum absolute atomic E-state index is 5.52. The van der Waals surface area contributed by atoms with Crippen molar-refractivity contribution in [2.24, 2.45) is 11.8 Å². The first kappa shape index (κ1) is 14.0. The molecule has 6 nitrogen and oxygen atoms in total. The van der Waals surface area contributed by atoms with Gasteiger partial charge in [-0.25, -0.2) is 10.8 Å². The monoisotopic (exact) mass is 281 g/mol. The van der Waals surface area contributed by atoms with E-state index in [1.807, 2.05) is 11.4 Å². The van der Waals surface area contributed by atoms with Crippen molar-refractivity contribution in [3.63, 3.8) is 0 Å². The summed E-state index contributed by atoms with van der Waals surface area (Å²) in [5.41, 5.74) is 3.36. The van der Waals surface area contributed by atoms with Crippen molar-refractivity contribution in [1.82, 2.24) is 9.97 Å². The topological polar surface area (TPSA) is 85.1 Å². The number of nitrogens with zero attached hydrogens (tertiary/aromatic N) is 2. The minimum atomic E-state index is 0.413. The van der Waals surface area contributed by atoms with Crippen molar-refractivity contribution >= 4 is 33.3 Å². The molecule has 2 heterocycles. The van der Waals surface area contributed by atoms with E-state index in [2.05, 4.69) is 34.6 Å². The van der Waals surface area contributed by atoms with E-state index in [0.29, 0.717) is 25.0 Å². The highest BCUT2D eigenvalue weighted by molar-refractivity contribution is 7.17. The number of hydrogen-bond donors (Lipinski definition) is 3. The molecule has 0 spiro atoms. The molecule has 0 saturated heterocycles. The lowest BCUT2D eigenvalue weighted by Crippen LogP contribution is -2.15. The van der Waals surface area contributed by atoms with Crippen LogP contribution in [0.4, 0.5) is 11.8 Å². The van der Waals surface area contributed by atoms with Gasteiger partial charge in [0, 0.05) is 13.2 Å². The Bertz CT molecular complexity index is 528. The summed E-state index contributed by atoms with van der Waals surface area (Å²) in [5.74, 6) is 7.12. The van der Waals surface area contributed by atoms with Gasteiger partial charge in [0.25, 0.3) is 0 Å². The van der Waals surface area contributed by atoms with Gasteiger partial charge in [-0.3, -0.25) is 5.43 Å². The molecule has 7 heteroatoms. The zero-order chi connectivity index (χ0) is 13.7. The molecule has 0 amide bonds. The number of ether oxygens (including phenoxy) is 1. The van der Waals surface area contributed by atoms with Gasteiger partial charge in [0.05, 0.1) is 16.8 Å². The molecule has 0 bridgehead atoms. The summed E-state index contributed by atoms with van der Waals surface area (Å²) in [6, 6.07) is 1.95. The van der Waals surface area contributed by atoms with Crippen LogP contribution in [0.15, 0.2) is 11.4 Å². The molecule has 0 atom stereocenters. The maximum atomic E-state index is 5.52. The van der Waals surface area contributed by atoms with E-state index in [1.165, 1.54) is 0 Å². The largest absolute Gasteiger partial charge is 0.379 e. The first-order chi connectivity index (χ1) is 9.20. The molecule has 0 fully saturated rings. The van der Waals surface area contributed by atoms with E-state index in [9.17, 15) is 0 Å². The first-order valence-corrected chi connectivity index (χ1v) is 7.12. The summed E-state index contributed by atoms with van der Waals surface area (Å²) in [7, 11) is 0. The average Bonchev–Trinajstić information content (AvgIpc) is 2.85. The summed E-state index contributed by atoms with van der Waals surface area (Å²) in [6.07, 6.45) is 0. The zero-order valence-corrected chi connectivity index (χ0v) is 12.0. The lowest BCUT2D eigenvalue weighted by molar-refractivity contribution is 0.118. The Balaban J connectivity index is 1.97. The van der Waals surface area contributed by atoms with Gasteiger partial charge in [-0.05, 0) is 17.4 Å². The lowest BCUT2D eigenvalue weighted by atomic mass is 10.2. The van der Waals surface area contributed by atoms with E-state index >= 15 is 0 Å². The average molecular weight is 281 g/mol. The van der Waals surface area contributed by atoms with E-state index < -0.39 is 0 Å². The van der Waals surface area contributed by atoms with Crippen LogP contribution in [0.3, 0.4) is 0 Å². The second-order valence-corrected chi connectivity index (χ2v) is 5.49. The lowest BCUT2D eigenvalue weighted by Gasteiger charge is -2.10. The highest BCUT2D eigenvalue weighted by atomic mass is 32.1. The van der Waals surface area contributed by atoms with Crippen LogP contribution >= 0.6 is 11.3 Å². The quantitative estimate of drug-likeness (QED) is 0.409. The van der Waals surface area contributed by atoms with Crippen LogP contribution in [0, 0.1) is 5.92 Å². The van der Waals surface area contributed by atoms with Gasteiger partial charge in [-0.2, -0.15) is 4.98 Å². The number of nitrogens with one attached hydrogen (secondary N) is 2. The number of hydrogen-bond acceptors (Lipinski definition) is 7. The second kappa shape index (κ2) is 6.65. The van der Waals surface area contributed by atoms with Gasteiger partial charge in [-0.15, -0.1) is 11.3 Å². The summed E-state index contributed by atoms with van der Waals surface area (Å²) >= 11 is 1.60. The number of nitrogen functional groups attached to an aromatic ring is 1. The van der Waals surface area contributed by atoms with Gasteiger partial charge >= 0.3 is 0 Å². The van der Waals surface area contributed by atoms with Crippen LogP contribution in [-0.2, 0) is 4.74 Å². The van der Waals surface area contributed by atoms with Gasteiger partial charge in [0.15, 0.2) is 0 Å². The predicted molar refractivity (Wildman–Crippen MR) is 79.4 cm³/mol. The Kier molecular flexibility index (Phi) is 4.89. The molecule has 0 aliphatic rings. The number of nitrogens with two attached hydrogens (primary N) is 1.